The molecule has 0 atom stereocenters. The third-order valence-corrected chi connectivity index (χ3v) is 2.87. The highest BCUT2D eigenvalue weighted by Crippen LogP contribution is 2.15. The second kappa shape index (κ2) is 7.78. The molecule has 1 aromatic rings. The Morgan fingerprint density at radius 1 is 1.41 bits per heavy atom. The molecule has 0 saturated heterocycles. The molecule has 1 heterocycles. The van der Waals surface area contributed by atoms with Gasteiger partial charge < -0.3 is 14.6 Å². The van der Waals surface area contributed by atoms with Gasteiger partial charge in [0.2, 0.25) is 0 Å². The van der Waals surface area contributed by atoms with Crippen molar-refractivity contribution in [3.8, 4) is 6.07 Å². The Kier molecular flexibility index (Phi) is 6.08. The molecule has 0 aliphatic rings. The van der Waals surface area contributed by atoms with Gasteiger partial charge in [-0.15, -0.1) is 0 Å². The number of hydrogen-bond acceptors (Lipinski definition) is 5. The van der Waals surface area contributed by atoms with Crippen molar-refractivity contribution in [3.63, 3.8) is 0 Å². The normalized spacial score (nSPS) is 10.7. The highest BCUT2D eigenvalue weighted by molar-refractivity contribution is 6.21. The van der Waals surface area contributed by atoms with Crippen molar-refractivity contribution in [2.45, 2.75) is 20.4 Å². The van der Waals surface area contributed by atoms with Gasteiger partial charge in [-0.3, -0.25) is 9.59 Å². The van der Waals surface area contributed by atoms with Gasteiger partial charge in [-0.1, -0.05) is 0 Å². The molecular formula is C15H17N3O4. The summed E-state index contributed by atoms with van der Waals surface area (Å²) in [5.74, 6) is -1.52. The van der Waals surface area contributed by atoms with E-state index in [0.717, 1.165) is 0 Å². The van der Waals surface area contributed by atoms with Crippen molar-refractivity contribution in [2.75, 3.05) is 13.7 Å². The van der Waals surface area contributed by atoms with E-state index < -0.39 is 17.7 Å². The Balaban J connectivity index is 3.35. The number of rotatable bonds is 6. The van der Waals surface area contributed by atoms with E-state index in [1.165, 1.54) is 30.7 Å². The monoisotopic (exact) mass is 303 g/mol. The number of likely N-dealkylation sites (N-methyl/N-ethyl adjacent to an activating group) is 1. The van der Waals surface area contributed by atoms with Crippen LogP contribution in [0.2, 0.25) is 0 Å². The number of aromatic nitrogens is 1. The van der Waals surface area contributed by atoms with Crippen molar-refractivity contribution < 1.29 is 19.1 Å². The largest absolute Gasteiger partial charge is 0.461 e. The predicted molar refractivity (Wildman–Crippen MR) is 78.7 cm³/mol. The third-order valence-electron chi connectivity index (χ3n) is 2.87. The molecule has 0 spiro atoms. The average molecular weight is 303 g/mol. The maximum absolute atomic E-state index is 11.8. The first-order valence-electron chi connectivity index (χ1n) is 6.64. The van der Waals surface area contributed by atoms with Gasteiger partial charge in [-0.25, -0.2) is 4.79 Å². The molecule has 116 valence electrons. The molecule has 1 N–H and O–H groups in total. The van der Waals surface area contributed by atoms with E-state index >= 15 is 0 Å². The van der Waals surface area contributed by atoms with Crippen LogP contribution in [-0.2, 0) is 20.9 Å². The number of Topliss-reactive ketones (excluding diaryl/α,β-unsaturated/α-hetero) is 1. The van der Waals surface area contributed by atoms with Crippen LogP contribution in [0.5, 0.6) is 0 Å². The van der Waals surface area contributed by atoms with E-state index in [1.54, 1.807) is 13.0 Å². The van der Waals surface area contributed by atoms with E-state index in [-0.39, 0.29) is 24.4 Å². The Labute approximate surface area is 128 Å². The van der Waals surface area contributed by atoms with Crippen molar-refractivity contribution in [1.82, 2.24) is 9.88 Å². The first-order valence-corrected chi connectivity index (χ1v) is 6.64. The van der Waals surface area contributed by atoms with E-state index in [9.17, 15) is 14.4 Å². The molecule has 1 rings (SSSR count). The van der Waals surface area contributed by atoms with E-state index in [1.807, 2.05) is 6.07 Å². The number of ether oxygens (including phenoxy) is 1. The van der Waals surface area contributed by atoms with Crippen LogP contribution in [0.3, 0.4) is 0 Å². The molecule has 0 aromatic carbocycles. The van der Waals surface area contributed by atoms with Gasteiger partial charge in [0.1, 0.15) is 12.2 Å². The summed E-state index contributed by atoms with van der Waals surface area (Å²) in [6.45, 7) is 3.05. The number of amides is 1. The molecule has 0 radical (unpaired) electrons. The third kappa shape index (κ3) is 3.82. The van der Waals surface area contributed by atoms with Crippen molar-refractivity contribution in [2.24, 2.45) is 0 Å². The molecule has 1 aromatic heterocycles. The summed E-state index contributed by atoms with van der Waals surface area (Å²) in [4.78, 5) is 35.1. The van der Waals surface area contributed by atoms with Gasteiger partial charge in [0.25, 0.3) is 5.91 Å². The molecule has 7 nitrogen and oxygen atoms in total. The average Bonchev–Trinajstić information content (AvgIpc) is 2.87. The lowest BCUT2D eigenvalue weighted by molar-refractivity contribution is -0.121. The minimum Gasteiger partial charge on any atom is -0.461 e. The standard InChI is InChI=1S/C15H17N3O4/c1-4-22-15(21)13-6-5-11(18(13)8-7-16)9-12(10(2)19)14(20)17-3/h5-6,9H,4,8H2,1-3H3,(H,17,20)/b12-9-. The molecule has 1 amide bonds. The molecule has 0 fully saturated rings. The number of esters is 1. The maximum Gasteiger partial charge on any atom is 0.354 e. The van der Waals surface area contributed by atoms with Crippen molar-refractivity contribution in [1.29, 1.82) is 5.26 Å². The zero-order chi connectivity index (χ0) is 16.7. The smallest absolute Gasteiger partial charge is 0.354 e. The molecule has 0 saturated carbocycles. The van der Waals surface area contributed by atoms with E-state index in [0.29, 0.717) is 5.69 Å². The van der Waals surface area contributed by atoms with Crippen LogP contribution in [0.1, 0.15) is 30.0 Å². The van der Waals surface area contributed by atoms with Crippen LogP contribution >= 0.6 is 0 Å². The Bertz CT molecular complexity index is 665. The SMILES string of the molecule is CCOC(=O)c1ccc(/C=C(/C(C)=O)C(=O)NC)n1CC#N. The summed E-state index contributed by atoms with van der Waals surface area (Å²) >= 11 is 0. The van der Waals surface area contributed by atoms with Gasteiger partial charge in [-0.05, 0) is 32.1 Å². The first-order chi connectivity index (χ1) is 10.5. The second-order valence-corrected chi connectivity index (χ2v) is 4.30. The van der Waals surface area contributed by atoms with Crippen LogP contribution in [-0.4, -0.2) is 35.9 Å². The summed E-state index contributed by atoms with van der Waals surface area (Å²) < 4.78 is 6.31. The molecule has 0 aliphatic heterocycles. The lowest BCUT2D eigenvalue weighted by Gasteiger charge is -2.08. The molecular weight excluding hydrogens is 286 g/mol. The van der Waals surface area contributed by atoms with E-state index in [2.05, 4.69) is 5.32 Å². The highest BCUT2D eigenvalue weighted by atomic mass is 16.5. The fourth-order valence-corrected chi connectivity index (χ4v) is 1.85. The summed E-state index contributed by atoms with van der Waals surface area (Å²) in [7, 11) is 1.41. The Morgan fingerprint density at radius 3 is 2.59 bits per heavy atom. The number of nitrogens with one attached hydrogen (secondary N) is 1. The maximum atomic E-state index is 11.8. The van der Waals surface area contributed by atoms with Crippen LogP contribution in [0.25, 0.3) is 6.08 Å². The predicted octanol–water partition coefficient (Wildman–Crippen LogP) is 0.907. The number of nitriles is 1. The fraction of sp³-hybridized carbons (Fsp3) is 0.333. The zero-order valence-corrected chi connectivity index (χ0v) is 12.7. The molecule has 7 heteroatoms. The Hall–Kier alpha value is -2.88. The van der Waals surface area contributed by atoms with Gasteiger partial charge in [0, 0.05) is 12.7 Å². The minimum absolute atomic E-state index is 0.0600. The zero-order valence-electron chi connectivity index (χ0n) is 12.7. The Morgan fingerprint density at radius 2 is 2.09 bits per heavy atom. The summed E-state index contributed by atoms with van der Waals surface area (Å²) in [6.07, 6.45) is 1.35. The second-order valence-electron chi connectivity index (χ2n) is 4.30. The number of ketones is 1. The highest BCUT2D eigenvalue weighted by Gasteiger charge is 2.18. The van der Waals surface area contributed by atoms with Crippen LogP contribution < -0.4 is 5.32 Å². The van der Waals surface area contributed by atoms with Gasteiger partial charge in [-0.2, -0.15) is 5.26 Å². The number of carbonyl (C=O) groups excluding carboxylic acids is 3. The lowest BCUT2D eigenvalue weighted by atomic mass is 10.1. The number of hydrogen-bond donors (Lipinski definition) is 1. The van der Waals surface area contributed by atoms with Crippen LogP contribution in [0.4, 0.5) is 0 Å². The fourth-order valence-electron chi connectivity index (χ4n) is 1.85. The van der Waals surface area contributed by atoms with Crippen molar-refractivity contribution in [3.05, 3.63) is 29.1 Å². The molecule has 0 unspecified atom stereocenters. The van der Waals surface area contributed by atoms with Crippen molar-refractivity contribution >= 4 is 23.7 Å². The van der Waals surface area contributed by atoms with E-state index in [4.69, 9.17) is 10.00 Å². The summed E-state index contributed by atoms with van der Waals surface area (Å²) in [5, 5.41) is 11.3. The summed E-state index contributed by atoms with van der Waals surface area (Å²) in [6, 6.07) is 4.97. The molecule has 0 aliphatic carbocycles. The summed E-state index contributed by atoms with van der Waals surface area (Å²) in [5.41, 5.74) is 0.531. The first kappa shape index (κ1) is 17.2. The van der Waals surface area contributed by atoms with Gasteiger partial charge >= 0.3 is 5.97 Å². The van der Waals surface area contributed by atoms with Gasteiger partial charge in [0.05, 0.1) is 18.2 Å². The molecule has 0 bridgehead atoms. The minimum atomic E-state index is -0.568. The number of nitrogens with zero attached hydrogens (tertiary/aromatic N) is 2. The topological polar surface area (TPSA) is 101 Å². The quantitative estimate of drug-likeness (QED) is 0.364. The molecule has 22 heavy (non-hydrogen) atoms. The van der Waals surface area contributed by atoms with Gasteiger partial charge in [0.15, 0.2) is 5.78 Å². The van der Waals surface area contributed by atoms with Crippen LogP contribution in [0.15, 0.2) is 17.7 Å². The van der Waals surface area contributed by atoms with Crippen LogP contribution in [0, 0.1) is 11.3 Å². The number of carbonyl (C=O) groups is 3. The lowest BCUT2D eigenvalue weighted by Crippen LogP contribution is -2.23.